The predicted octanol–water partition coefficient (Wildman–Crippen LogP) is 3.23. The largest absolute Gasteiger partial charge is 0.407 e. The van der Waals surface area contributed by atoms with Crippen LogP contribution in [0.2, 0.25) is 5.02 Å². The zero-order chi connectivity index (χ0) is 17.1. The molecule has 0 aliphatic rings. The Kier molecular flexibility index (Phi) is 5.44. The van der Waals surface area contributed by atoms with Crippen molar-refractivity contribution in [2.24, 2.45) is 0 Å². The second-order valence-electron chi connectivity index (χ2n) is 5.96. The van der Waals surface area contributed by atoms with Gasteiger partial charge in [-0.3, -0.25) is 9.69 Å². The van der Waals surface area contributed by atoms with E-state index in [9.17, 15) is 4.79 Å². The van der Waals surface area contributed by atoms with Crippen molar-refractivity contribution in [3.8, 4) is 5.88 Å². The molecule has 0 saturated carbocycles. The number of halogens is 1. The first-order valence-electron chi connectivity index (χ1n) is 7.45. The number of rotatable bonds is 5. The fourth-order valence-electron chi connectivity index (χ4n) is 2.26. The van der Waals surface area contributed by atoms with Gasteiger partial charge in [0.2, 0.25) is 5.88 Å². The highest BCUT2D eigenvalue weighted by Gasteiger charge is 2.18. The van der Waals surface area contributed by atoms with Crippen LogP contribution < -0.4 is 4.74 Å². The predicted molar refractivity (Wildman–Crippen MR) is 91.2 cm³/mol. The number of ether oxygens (including phenoxy) is 1. The maximum Gasteiger partial charge on any atom is 0.326 e. The van der Waals surface area contributed by atoms with Crippen molar-refractivity contribution < 1.29 is 9.53 Å². The van der Waals surface area contributed by atoms with Crippen LogP contribution in [0.1, 0.15) is 29.8 Å². The third kappa shape index (κ3) is 4.33. The van der Waals surface area contributed by atoms with Gasteiger partial charge in [0.15, 0.2) is 0 Å². The molecular weight excluding hydrogens is 314 g/mol. The first-order valence-corrected chi connectivity index (χ1v) is 7.83. The zero-order valence-corrected chi connectivity index (χ0v) is 14.9. The van der Waals surface area contributed by atoms with Gasteiger partial charge in [0.1, 0.15) is 0 Å². The number of hydrogen-bond acceptors (Lipinski definition) is 4. The lowest BCUT2D eigenvalue weighted by molar-refractivity contribution is -0.135. The molecule has 0 saturated heterocycles. The summed E-state index contributed by atoms with van der Waals surface area (Å²) in [7, 11) is 3.64. The Morgan fingerprint density at radius 2 is 2.04 bits per heavy atom. The maximum atomic E-state index is 11.9. The average molecular weight is 336 g/mol. The summed E-state index contributed by atoms with van der Waals surface area (Å²) >= 11 is 6.21. The van der Waals surface area contributed by atoms with Crippen LogP contribution in [0.5, 0.6) is 5.88 Å². The van der Waals surface area contributed by atoms with Crippen LogP contribution in [0.15, 0.2) is 24.3 Å². The number of hydrogen-bond donors (Lipinski definition) is 0. The van der Waals surface area contributed by atoms with E-state index in [1.165, 1.54) is 0 Å². The third-order valence-corrected chi connectivity index (χ3v) is 3.94. The number of aryl methyl sites for hydroxylation is 2. The van der Waals surface area contributed by atoms with Gasteiger partial charge < -0.3 is 4.74 Å². The number of carbonyl (C=O) groups excluding carboxylic acids is 1. The molecule has 0 amide bonds. The first kappa shape index (κ1) is 17.5. The molecule has 1 unspecified atom stereocenters. The smallest absolute Gasteiger partial charge is 0.326 e. The normalized spacial score (nSPS) is 12.5. The Morgan fingerprint density at radius 1 is 1.35 bits per heavy atom. The van der Waals surface area contributed by atoms with Crippen molar-refractivity contribution in [3.63, 3.8) is 0 Å². The molecule has 23 heavy (non-hydrogen) atoms. The van der Waals surface area contributed by atoms with Gasteiger partial charge in [-0.1, -0.05) is 23.7 Å². The molecular formula is C17H22ClN3O2. The van der Waals surface area contributed by atoms with Gasteiger partial charge in [0.05, 0.1) is 18.3 Å². The number of esters is 1. The Morgan fingerprint density at radius 3 is 2.65 bits per heavy atom. The second-order valence-corrected chi connectivity index (χ2v) is 6.37. The Bertz CT molecular complexity index is 710. The van der Waals surface area contributed by atoms with E-state index in [0.29, 0.717) is 10.9 Å². The summed E-state index contributed by atoms with van der Waals surface area (Å²) in [6, 6.07) is 7.57. The van der Waals surface area contributed by atoms with Gasteiger partial charge in [-0.25, -0.2) is 4.68 Å². The second kappa shape index (κ2) is 7.15. The van der Waals surface area contributed by atoms with Crippen LogP contribution in [-0.4, -0.2) is 41.3 Å². The van der Waals surface area contributed by atoms with Gasteiger partial charge in [0.25, 0.3) is 0 Å². The fraction of sp³-hybridized carbons (Fsp3) is 0.412. The van der Waals surface area contributed by atoms with E-state index in [4.69, 9.17) is 16.3 Å². The van der Waals surface area contributed by atoms with Gasteiger partial charge in [-0.05, 0) is 52.1 Å². The Balaban J connectivity index is 2.28. The van der Waals surface area contributed by atoms with Crippen molar-refractivity contribution in [1.82, 2.24) is 14.7 Å². The highest BCUT2D eigenvalue weighted by atomic mass is 35.5. The van der Waals surface area contributed by atoms with Crippen LogP contribution in [0, 0.1) is 13.8 Å². The van der Waals surface area contributed by atoms with Gasteiger partial charge >= 0.3 is 5.97 Å². The molecule has 0 bridgehead atoms. The van der Waals surface area contributed by atoms with Crippen molar-refractivity contribution in [3.05, 3.63) is 46.1 Å². The number of carbonyl (C=O) groups is 1. The summed E-state index contributed by atoms with van der Waals surface area (Å²) in [6.45, 7) is 6.05. The van der Waals surface area contributed by atoms with Crippen molar-refractivity contribution in [2.75, 3.05) is 20.6 Å². The quantitative estimate of drug-likeness (QED) is 0.787. The lowest BCUT2D eigenvalue weighted by atomic mass is 10.1. The number of benzene rings is 1. The highest BCUT2D eigenvalue weighted by molar-refractivity contribution is 6.31. The van der Waals surface area contributed by atoms with Crippen LogP contribution in [0.25, 0.3) is 0 Å². The fourth-order valence-corrected chi connectivity index (χ4v) is 2.45. The molecule has 0 aliphatic carbocycles. The summed E-state index contributed by atoms with van der Waals surface area (Å²) in [5.74, 6) is 0.129. The molecule has 1 heterocycles. The molecule has 1 aromatic carbocycles. The van der Waals surface area contributed by atoms with Crippen LogP contribution in [-0.2, 0) is 4.79 Å². The maximum absolute atomic E-state index is 11.9. The molecule has 0 N–H and O–H groups in total. The molecule has 0 fully saturated rings. The zero-order valence-electron chi connectivity index (χ0n) is 14.1. The third-order valence-electron chi connectivity index (χ3n) is 3.53. The summed E-state index contributed by atoms with van der Waals surface area (Å²) in [5, 5.41) is 5.17. The van der Waals surface area contributed by atoms with Gasteiger partial charge in [-0.15, -0.1) is 0 Å². The summed E-state index contributed by atoms with van der Waals surface area (Å²) < 4.78 is 7.17. The molecule has 6 heteroatoms. The highest BCUT2D eigenvalue weighted by Crippen LogP contribution is 2.27. The van der Waals surface area contributed by atoms with Crippen molar-refractivity contribution >= 4 is 17.6 Å². The minimum absolute atomic E-state index is 0.0936. The van der Waals surface area contributed by atoms with E-state index in [0.717, 1.165) is 16.8 Å². The lowest BCUT2D eigenvalue weighted by Gasteiger charge is -2.17. The lowest BCUT2D eigenvalue weighted by Crippen LogP contribution is -2.26. The minimum atomic E-state index is -0.315. The summed E-state index contributed by atoms with van der Waals surface area (Å²) in [4.78, 5) is 13.7. The van der Waals surface area contributed by atoms with Gasteiger partial charge in [0, 0.05) is 11.1 Å². The SMILES string of the molecule is Cc1cc(OC(=O)CN(C)C)n(C(C)c2ccc(C)c(Cl)c2)n1. The molecule has 0 spiro atoms. The van der Waals surface area contributed by atoms with Crippen LogP contribution >= 0.6 is 11.6 Å². The standard InChI is InChI=1S/C17H22ClN3O2/c1-11-6-7-14(9-15(11)18)13(3)21-16(8-12(2)19-21)23-17(22)10-20(4)5/h6-9,13H,10H2,1-5H3. The topological polar surface area (TPSA) is 47.4 Å². The number of nitrogens with zero attached hydrogens (tertiary/aromatic N) is 3. The number of aromatic nitrogens is 2. The van der Waals surface area contributed by atoms with Crippen LogP contribution in [0.4, 0.5) is 0 Å². The van der Waals surface area contributed by atoms with E-state index >= 15 is 0 Å². The Labute approximate surface area is 141 Å². The molecule has 2 rings (SSSR count). The monoisotopic (exact) mass is 335 g/mol. The molecule has 0 radical (unpaired) electrons. The van der Waals surface area contributed by atoms with Crippen molar-refractivity contribution in [2.45, 2.75) is 26.8 Å². The first-order chi connectivity index (χ1) is 10.8. The molecule has 1 aromatic heterocycles. The summed E-state index contributed by atoms with van der Waals surface area (Å²) in [5.41, 5.74) is 2.83. The van der Waals surface area contributed by atoms with Gasteiger partial charge in [-0.2, -0.15) is 5.10 Å². The molecule has 5 nitrogen and oxygen atoms in total. The molecule has 0 aliphatic heterocycles. The average Bonchev–Trinajstić information content (AvgIpc) is 2.80. The van der Waals surface area contributed by atoms with Crippen molar-refractivity contribution in [1.29, 1.82) is 0 Å². The van der Waals surface area contributed by atoms with E-state index in [1.54, 1.807) is 15.6 Å². The van der Waals surface area contributed by atoms with Crippen LogP contribution in [0.3, 0.4) is 0 Å². The van der Waals surface area contributed by atoms with E-state index in [-0.39, 0.29) is 18.6 Å². The molecule has 2 aromatic rings. The Hall–Kier alpha value is -1.85. The molecule has 1 atom stereocenters. The minimum Gasteiger partial charge on any atom is -0.407 e. The van der Waals surface area contributed by atoms with E-state index in [2.05, 4.69) is 5.10 Å². The summed E-state index contributed by atoms with van der Waals surface area (Å²) in [6.07, 6.45) is 0. The van der Waals surface area contributed by atoms with E-state index in [1.807, 2.05) is 53.1 Å². The number of likely N-dealkylation sites (N-methyl/N-ethyl adjacent to an activating group) is 1. The van der Waals surface area contributed by atoms with E-state index < -0.39 is 0 Å². The molecule has 124 valence electrons.